The molecule has 3 nitrogen and oxygen atoms in total. The van der Waals surface area contributed by atoms with Crippen LogP contribution in [0.15, 0.2) is 17.9 Å². The highest BCUT2D eigenvalue weighted by atomic mass is 16.5. The van der Waals surface area contributed by atoms with E-state index in [4.69, 9.17) is 4.74 Å². The van der Waals surface area contributed by atoms with Crippen molar-refractivity contribution in [3.05, 3.63) is 17.9 Å². The van der Waals surface area contributed by atoms with Gasteiger partial charge in [-0.1, -0.05) is 19.8 Å². The minimum absolute atomic E-state index is 0.327. The number of allylic oxidation sites excluding steroid dienone is 1. The molecule has 0 heterocycles. The van der Waals surface area contributed by atoms with Gasteiger partial charge >= 0.3 is 6.09 Å². The van der Waals surface area contributed by atoms with Crippen molar-refractivity contribution < 1.29 is 9.53 Å². The largest absolute Gasteiger partial charge is 0.450 e. The number of unbranched alkanes of at least 4 members (excludes halogenated alkanes) is 4. The van der Waals surface area contributed by atoms with E-state index in [1.54, 1.807) is 6.92 Å². The lowest BCUT2D eigenvalue weighted by Crippen LogP contribution is -2.25. The molecule has 17 heavy (non-hydrogen) atoms. The minimum Gasteiger partial charge on any atom is -0.450 e. The molecule has 0 aromatic heterocycles. The summed E-state index contributed by atoms with van der Waals surface area (Å²) in [5.41, 5.74) is 3.16. The average molecular weight is 239 g/mol. The fourth-order valence-electron chi connectivity index (χ4n) is 1.32. The molecule has 0 aliphatic heterocycles. The molecule has 0 fully saturated rings. The van der Waals surface area contributed by atoms with Crippen molar-refractivity contribution in [2.45, 2.75) is 52.4 Å². The summed E-state index contributed by atoms with van der Waals surface area (Å²) >= 11 is 0. The maximum atomic E-state index is 10.9. The van der Waals surface area contributed by atoms with E-state index in [0.29, 0.717) is 13.2 Å². The first-order valence-corrected chi connectivity index (χ1v) is 6.61. The lowest BCUT2D eigenvalue weighted by Gasteiger charge is -2.02. The van der Waals surface area contributed by atoms with Gasteiger partial charge in [0, 0.05) is 6.54 Å². The van der Waals surface area contributed by atoms with Gasteiger partial charge in [-0.2, -0.15) is 0 Å². The topological polar surface area (TPSA) is 38.3 Å². The molecule has 0 unspecified atom stereocenters. The van der Waals surface area contributed by atoms with Crippen LogP contribution in [0.3, 0.4) is 0 Å². The van der Waals surface area contributed by atoms with Crippen LogP contribution in [0.1, 0.15) is 52.4 Å². The molecule has 0 spiro atoms. The van der Waals surface area contributed by atoms with Gasteiger partial charge in [-0.05, 0) is 44.8 Å². The van der Waals surface area contributed by atoms with E-state index in [2.05, 4.69) is 24.0 Å². The summed E-state index contributed by atoms with van der Waals surface area (Å²) in [5.74, 6) is 0. The van der Waals surface area contributed by atoms with E-state index in [1.165, 1.54) is 19.3 Å². The highest BCUT2D eigenvalue weighted by molar-refractivity contribution is 5.66. The Morgan fingerprint density at radius 3 is 2.53 bits per heavy atom. The standard InChI is InChI=1S/C14H25NO2/c1-3-5-6-7-8-9-10-11-12-13-15-14(16)17-4-2/h8,10H,3-7,11-13H2,1-2H3,(H,15,16). The molecule has 0 aliphatic carbocycles. The van der Waals surface area contributed by atoms with Crippen molar-refractivity contribution >= 4 is 6.09 Å². The van der Waals surface area contributed by atoms with Crippen molar-refractivity contribution in [2.75, 3.05) is 13.2 Å². The van der Waals surface area contributed by atoms with E-state index in [0.717, 1.165) is 19.3 Å². The second-order valence-corrected chi connectivity index (χ2v) is 3.86. The smallest absolute Gasteiger partial charge is 0.407 e. The molecular formula is C14H25NO2. The van der Waals surface area contributed by atoms with E-state index in [1.807, 2.05) is 6.08 Å². The third-order valence-corrected chi connectivity index (χ3v) is 2.26. The third-order valence-electron chi connectivity index (χ3n) is 2.26. The Labute approximate surface area is 105 Å². The summed E-state index contributed by atoms with van der Waals surface area (Å²) in [5, 5.41) is 2.68. The molecule has 1 N–H and O–H groups in total. The highest BCUT2D eigenvalue weighted by Crippen LogP contribution is 1.98. The van der Waals surface area contributed by atoms with Crippen molar-refractivity contribution in [3.63, 3.8) is 0 Å². The van der Waals surface area contributed by atoms with E-state index in [9.17, 15) is 4.79 Å². The first-order chi connectivity index (χ1) is 8.31. The van der Waals surface area contributed by atoms with E-state index < -0.39 is 0 Å². The van der Waals surface area contributed by atoms with Gasteiger partial charge in [0.15, 0.2) is 0 Å². The van der Waals surface area contributed by atoms with Crippen LogP contribution in [0.2, 0.25) is 0 Å². The van der Waals surface area contributed by atoms with Gasteiger partial charge in [0.1, 0.15) is 0 Å². The van der Waals surface area contributed by atoms with Crippen LogP contribution in [-0.4, -0.2) is 19.2 Å². The lowest BCUT2D eigenvalue weighted by atomic mass is 10.2. The van der Waals surface area contributed by atoms with Crippen molar-refractivity contribution in [2.24, 2.45) is 0 Å². The van der Waals surface area contributed by atoms with Gasteiger partial charge in [0.05, 0.1) is 6.61 Å². The summed E-state index contributed by atoms with van der Waals surface area (Å²) in [4.78, 5) is 10.9. The monoisotopic (exact) mass is 239 g/mol. The lowest BCUT2D eigenvalue weighted by molar-refractivity contribution is 0.152. The Balaban J connectivity index is 3.32. The number of rotatable bonds is 9. The summed E-state index contributed by atoms with van der Waals surface area (Å²) in [6.45, 7) is 5.08. The number of amides is 1. The van der Waals surface area contributed by atoms with Crippen LogP contribution in [-0.2, 0) is 4.74 Å². The number of hydrogen-bond acceptors (Lipinski definition) is 2. The van der Waals surface area contributed by atoms with Crippen LogP contribution in [0.25, 0.3) is 0 Å². The molecule has 0 radical (unpaired) electrons. The van der Waals surface area contributed by atoms with Gasteiger partial charge in [-0.15, -0.1) is 5.73 Å². The predicted molar refractivity (Wildman–Crippen MR) is 71.1 cm³/mol. The number of carbonyl (C=O) groups is 1. The summed E-state index contributed by atoms with van der Waals surface area (Å²) in [6.07, 6.45) is 10.6. The molecule has 0 rings (SSSR count). The minimum atomic E-state index is -0.327. The van der Waals surface area contributed by atoms with Gasteiger partial charge < -0.3 is 10.1 Å². The molecule has 0 saturated carbocycles. The van der Waals surface area contributed by atoms with Gasteiger partial charge in [-0.25, -0.2) is 4.79 Å². The Morgan fingerprint density at radius 2 is 1.88 bits per heavy atom. The van der Waals surface area contributed by atoms with E-state index >= 15 is 0 Å². The fourth-order valence-corrected chi connectivity index (χ4v) is 1.32. The zero-order valence-electron chi connectivity index (χ0n) is 11.1. The maximum Gasteiger partial charge on any atom is 0.407 e. The fraction of sp³-hybridized carbons (Fsp3) is 0.714. The molecule has 0 aromatic carbocycles. The summed E-state index contributed by atoms with van der Waals surface area (Å²) < 4.78 is 4.74. The van der Waals surface area contributed by atoms with Gasteiger partial charge in [0.2, 0.25) is 0 Å². The third kappa shape index (κ3) is 12.7. The molecule has 98 valence electrons. The normalized spacial score (nSPS) is 9.29. The van der Waals surface area contributed by atoms with Gasteiger partial charge in [0.25, 0.3) is 0 Å². The zero-order valence-corrected chi connectivity index (χ0v) is 11.1. The molecule has 3 heteroatoms. The molecule has 0 aliphatic rings. The maximum absolute atomic E-state index is 10.9. The Bertz CT molecular complexity index is 243. The number of alkyl carbamates (subject to hydrolysis) is 1. The van der Waals surface area contributed by atoms with Gasteiger partial charge in [-0.3, -0.25) is 0 Å². The average Bonchev–Trinajstić information content (AvgIpc) is 2.32. The molecule has 0 saturated heterocycles. The number of hydrogen-bond donors (Lipinski definition) is 1. The molecule has 0 aromatic rings. The number of ether oxygens (including phenoxy) is 1. The molecule has 1 amide bonds. The second-order valence-electron chi connectivity index (χ2n) is 3.86. The zero-order chi connectivity index (χ0) is 12.8. The predicted octanol–water partition coefficient (Wildman–Crippen LogP) is 3.80. The summed E-state index contributed by atoms with van der Waals surface area (Å²) in [6, 6.07) is 0. The molecular weight excluding hydrogens is 214 g/mol. The Hall–Kier alpha value is -1.21. The SMILES string of the molecule is CCCCCC=C=CCCCNC(=O)OCC. The van der Waals surface area contributed by atoms with Crippen molar-refractivity contribution in [1.29, 1.82) is 0 Å². The first kappa shape index (κ1) is 15.8. The van der Waals surface area contributed by atoms with Crippen LogP contribution in [0.5, 0.6) is 0 Å². The van der Waals surface area contributed by atoms with Crippen molar-refractivity contribution in [3.8, 4) is 0 Å². The number of nitrogens with one attached hydrogen (secondary N) is 1. The van der Waals surface area contributed by atoms with E-state index in [-0.39, 0.29) is 6.09 Å². The quantitative estimate of drug-likeness (QED) is 0.491. The van der Waals surface area contributed by atoms with Crippen LogP contribution in [0.4, 0.5) is 4.79 Å². The van der Waals surface area contributed by atoms with Crippen molar-refractivity contribution in [1.82, 2.24) is 5.32 Å². The Morgan fingerprint density at radius 1 is 1.18 bits per heavy atom. The number of carbonyl (C=O) groups excluding carboxylic acids is 1. The molecule has 0 bridgehead atoms. The highest BCUT2D eigenvalue weighted by Gasteiger charge is 1.96. The second kappa shape index (κ2) is 12.9. The molecule has 0 atom stereocenters. The van der Waals surface area contributed by atoms with Crippen LogP contribution < -0.4 is 5.32 Å². The first-order valence-electron chi connectivity index (χ1n) is 6.61. The Kier molecular flexibility index (Phi) is 11.9. The van der Waals surface area contributed by atoms with Crippen LogP contribution >= 0.6 is 0 Å². The summed E-state index contributed by atoms with van der Waals surface area (Å²) in [7, 11) is 0. The van der Waals surface area contributed by atoms with Crippen LogP contribution in [0, 0.1) is 0 Å².